The van der Waals surface area contributed by atoms with E-state index in [-0.39, 0.29) is 17.2 Å². The molecule has 0 spiro atoms. The van der Waals surface area contributed by atoms with Gasteiger partial charge in [0.15, 0.2) is 6.23 Å². The van der Waals surface area contributed by atoms with E-state index in [1.807, 2.05) is 0 Å². The van der Waals surface area contributed by atoms with E-state index < -0.39 is 60.6 Å². The molecule has 160 valence electrons. The molecule has 9 N–H and O–H groups in total. The highest BCUT2D eigenvalue weighted by molar-refractivity contribution is 5.87. The van der Waals surface area contributed by atoms with Crippen molar-refractivity contribution < 1.29 is 45.1 Å². The van der Waals surface area contributed by atoms with Gasteiger partial charge in [0.2, 0.25) is 5.91 Å². The number of hydrogen-bond acceptors (Lipinski definition) is 10. The molecule has 2 aliphatic rings. The van der Waals surface area contributed by atoms with Gasteiger partial charge in [0, 0.05) is 0 Å². The van der Waals surface area contributed by atoms with E-state index in [1.54, 1.807) is 12.1 Å². The number of amides is 1. The lowest BCUT2D eigenvalue weighted by Crippen LogP contribution is -2.74. The maximum atomic E-state index is 12.4. The number of carbonyl (C=O) groups is 2. The van der Waals surface area contributed by atoms with Crippen LogP contribution >= 0.6 is 0 Å². The zero-order valence-electron chi connectivity index (χ0n) is 15.1. The summed E-state index contributed by atoms with van der Waals surface area (Å²) >= 11 is 0. The molecule has 2 aliphatic heterocycles. The fourth-order valence-electron chi connectivity index (χ4n) is 3.60. The van der Waals surface area contributed by atoms with Crippen LogP contribution in [0.25, 0.3) is 0 Å². The molecule has 2 heterocycles. The Bertz CT molecular complexity index is 776. The molecule has 1 amide bonds. The van der Waals surface area contributed by atoms with Crippen molar-refractivity contribution in [3.05, 3.63) is 29.8 Å². The molecule has 2 unspecified atom stereocenters. The van der Waals surface area contributed by atoms with E-state index in [1.165, 1.54) is 12.1 Å². The molecule has 0 saturated carbocycles. The summed E-state index contributed by atoms with van der Waals surface area (Å²) < 4.78 is 5.04. The van der Waals surface area contributed by atoms with E-state index in [9.17, 15) is 40.3 Å². The first kappa shape index (κ1) is 21.4. The van der Waals surface area contributed by atoms with Crippen LogP contribution in [-0.4, -0.2) is 96.4 Å². The minimum atomic E-state index is -2.21. The third-order valence-electron chi connectivity index (χ3n) is 5.30. The van der Waals surface area contributed by atoms with Gasteiger partial charge in [-0.05, 0) is 24.1 Å². The summed E-state index contributed by atoms with van der Waals surface area (Å²) in [6, 6.07) is 1.16. The maximum Gasteiger partial charge on any atom is 0.328 e. The van der Waals surface area contributed by atoms with Crippen LogP contribution in [-0.2, 0) is 20.7 Å². The third-order valence-corrected chi connectivity index (χ3v) is 5.30. The molecule has 2 fully saturated rings. The van der Waals surface area contributed by atoms with Crippen LogP contribution in [0.5, 0.6) is 5.75 Å². The number of carboxylic acids is 1. The highest BCUT2D eigenvalue weighted by Crippen LogP contribution is 2.38. The summed E-state index contributed by atoms with van der Waals surface area (Å²) in [6.07, 6.45) is -5.07. The number of aliphatic hydroxyl groups excluding tert-OH is 2. The third kappa shape index (κ3) is 3.79. The van der Waals surface area contributed by atoms with Crippen LogP contribution in [0.2, 0.25) is 0 Å². The minimum Gasteiger partial charge on any atom is -0.508 e. The van der Waals surface area contributed by atoms with Crippen molar-refractivity contribution in [2.75, 3.05) is 6.61 Å². The zero-order chi connectivity index (χ0) is 21.5. The fourth-order valence-corrected chi connectivity index (χ4v) is 3.60. The van der Waals surface area contributed by atoms with Gasteiger partial charge in [-0.2, -0.15) is 5.06 Å². The predicted octanol–water partition coefficient (Wildman–Crippen LogP) is -3.29. The van der Waals surface area contributed by atoms with Gasteiger partial charge in [0.25, 0.3) is 0 Å². The van der Waals surface area contributed by atoms with Gasteiger partial charge in [-0.1, -0.05) is 12.1 Å². The Balaban J connectivity index is 1.75. The number of carboxylic acid groups (broad SMARTS) is 1. The average molecular weight is 413 g/mol. The number of nitrogens with one attached hydrogen (secondary N) is 1. The summed E-state index contributed by atoms with van der Waals surface area (Å²) in [4.78, 5) is 24.2. The molecule has 2 bridgehead atoms. The number of fused-ring (bicyclic) bond motifs is 2. The normalized spacial score (nSPS) is 33.8. The largest absolute Gasteiger partial charge is 0.508 e. The number of aromatic hydroxyl groups is 1. The number of aliphatic carboxylic acids is 1. The smallest absolute Gasteiger partial charge is 0.328 e. The highest BCUT2D eigenvalue weighted by atomic mass is 16.6. The van der Waals surface area contributed by atoms with Gasteiger partial charge < -0.3 is 46.5 Å². The summed E-state index contributed by atoms with van der Waals surface area (Å²) in [5.41, 5.74) is 4.24. The zero-order valence-corrected chi connectivity index (χ0v) is 15.1. The topological polar surface area (TPSA) is 206 Å². The Morgan fingerprint density at radius 3 is 2.48 bits per heavy atom. The van der Waals surface area contributed by atoms with Gasteiger partial charge in [0.1, 0.15) is 29.6 Å². The lowest BCUT2D eigenvalue weighted by atomic mass is 9.81. The molecular weight excluding hydrogens is 390 g/mol. The van der Waals surface area contributed by atoms with E-state index in [0.717, 1.165) is 0 Å². The molecule has 0 aliphatic carbocycles. The van der Waals surface area contributed by atoms with Crippen molar-refractivity contribution in [2.24, 2.45) is 5.73 Å². The second-order valence-corrected chi connectivity index (χ2v) is 7.25. The molecule has 3 rings (SSSR count). The van der Waals surface area contributed by atoms with Crippen LogP contribution in [0.15, 0.2) is 24.3 Å². The standard InChI is InChI=1S/C17H23N3O9/c18-9(5-7-1-3-8(21)4-2-7)14(24)19-10(16(25)26)11-12(22)17(27)6-29-15(13(17)23)20(11)28/h1-4,9-13,15,21-23,27-28H,5-6,18H2,(H,19,24)(H,25,26)/t9-,10-,11?,12?,13+,15+,17+/m0/s1. The molecule has 29 heavy (non-hydrogen) atoms. The van der Waals surface area contributed by atoms with Crippen LogP contribution in [0.1, 0.15) is 5.56 Å². The fraction of sp³-hybridized carbons (Fsp3) is 0.529. The number of phenolic OH excluding ortho intramolecular Hbond substituents is 1. The van der Waals surface area contributed by atoms with Crippen LogP contribution in [0.4, 0.5) is 0 Å². The van der Waals surface area contributed by atoms with Crippen molar-refractivity contribution in [2.45, 2.75) is 48.6 Å². The Morgan fingerprint density at radius 2 is 1.90 bits per heavy atom. The lowest BCUT2D eigenvalue weighted by Gasteiger charge is -2.46. The van der Waals surface area contributed by atoms with E-state index in [2.05, 4.69) is 5.32 Å². The van der Waals surface area contributed by atoms with Gasteiger partial charge in [0.05, 0.1) is 18.7 Å². The molecule has 12 heteroatoms. The summed E-state index contributed by atoms with van der Waals surface area (Å²) in [5, 5.41) is 62.4. The molecule has 7 atom stereocenters. The SMILES string of the molecule is N[C@@H](Cc1ccc(O)cc1)C(=O)N[C@H](C(=O)O)C1C(O)[C@]2(O)CO[C@H]([C@H]2O)N1O. The van der Waals surface area contributed by atoms with E-state index in [4.69, 9.17) is 10.5 Å². The van der Waals surface area contributed by atoms with Gasteiger partial charge in [-0.3, -0.25) is 4.79 Å². The summed E-state index contributed by atoms with van der Waals surface area (Å²) in [7, 11) is 0. The van der Waals surface area contributed by atoms with Crippen molar-refractivity contribution in [3.63, 3.8) is 0 Å². The number of nitrogens with zero attached hydrogens (tertiary/aromatic N) is 1. The number of benzene rings is 1. The molecule has 12 nitrogen and oxygen atoms in total. The number of nitrogens with two attached hydrogens (primary N) is 1. The molecule has 1 aromatic carbocycles. The van der Waals surface area contributed by atoms with Gasteiger partial charge in [-0.25, -0.2) is 4.79 Å². The Hall–Kier alpha value is -2.32. The Labute approximate surface area is 164 Å². The molecule has 2 saturated heterocycles. The summed E-state index contributed by atoms with van der Waals surface area (Å²) in [5.74, 6) is -2.45. The first-order chi connectivity index (χ1) is 13.6. The second kappa shape index (κ2) is 7.84. The first-order valence-electron chi connectivity index (χ1n) is 8.80. The first-order valence-corrected chi connectivity index (χ1v) is 8.80. The number of rotatable bonds is 6. The quantitative estimate of drug-likeness (QED) is 0.232. The number of ether oxygens (including phenoxy) is 1. The van der Waals surface area contributed by atoms with Crippen molar-refractivity contribution >= 4 is 11.9 Å². The maximum absolute atomic E-state index is 12.4. The van der Waals surface area contributed by atoms with Crippen LogP contribution < -0.4 is 11.1 Å². The van der Waals surface area contributed by atoms with E-state index >= 15 is 0 Å². The highest BCUT2D eigenvalue weighted by Gasteiger charge is 2.65. The monoisotopic (exact) mass is 413 g/mol. The Morgan fingerprint density at radius 1 is 1.28 bits per heavy atom. The second-order valence-electron chi connectivity index (χ2n) is 7.25. The Kier molecular flexibility index (Phi) is 5.78. The number of carbonyl (C=O) groups excluding carboxylic acids is 1. The van der Waals surface area contributed by atoms with Crippen LogP contribution in [0.3, 0.4) is 0 Å². The van der Waals surface area contributed by atoms with Crippen molar-refractivity contribution in [1.29, 1.82) is 0 Å². The number of aliphatic hydroxyl groups is 3. The van der Waals surface area contributed by atoms with Crippen LogP contribution in [0, 0.1) is 0 Å². The lowest BCUT2D eigenvalue weighted by molar-refractivity contribution is -0.298. The molecule has 1 aromatic rings. The predicted molar refractivity (Wildman–Crippen MR) is 93.5 cm³/mol. The number of hydroxylamine groups is 2. The number of piperidine rings is 1. The molecule has 0 aromatic heterocycles. The summed E-state index contributed by atoms with van der Waals surface area (Å²) in [6.45, 7) is -0.534. The van der Waals surface area contributed by atoms with E-state index in [0.29, 0.717) is 5.56 Å². The number of hydrogen-bond donors (Lipinski definition) is 8. The molecular formula is C17H23N3O9. The average Bonchev–Trinajstić information content (AvgIpc) is 2.93. The molecule has 0 radical (unpaired) electrons. The number of phenols is 1. The minimum absolute atomic E-state index is 0.0307. The van der Waals surface area contributed by atoms with Gasteiger partial charge >= 0.3 is 5.97 Å². The van der Waals surface area contributed by atoms with Crippen molar-refractivity contribution in [3.8, 4) is 5.75 Å². The van der Waals surface area contributed by atoms with Gasteiger partial charge in [-0.15, -0.1) is 0 Å². The van der Waals surface area contributed by atoms with Crippen molar-refractivity contribution in [1.82, 2.24) is 10.4 Å².